The number of nitrogens with zero attached hydrogens (tertiary/aromatic N) is 6. The van der Waals surface area contributed by atoms with Crippen molar-refractivity contribution in [3.63, 3.8) is 0 Å². The van der Waals surface area contributed by atoms with E-state index < -0.39 is 42.4 Å². The van der Waals surface area contributed by atoms with Gasteiger partial charge in [-0.05, 0) is 61.3 Å². The number of pyridine rings is 2. The maximum Gasteiger partial charge on any atom is 0.347 e. The van der Waals surface area contributed by atoms with Crippen LogP contribution in [0, 0.1) is 40.5 Å². The summed E-state index contributed by atoms with van der Waals surface area (Å²) in [4.78, 5) is 45.5. The molecule has 0 atom stereocenters. The normalized spacial score (nSPS) is 11.3. The zero-order chi connectivity index (χ0) is 55.6. The average Bonchev–Trinajstić information content (AvgIpc) is 3.68. The van der Waals surface area contributed by atoms with Crippen LogP contribution >= 0.6 is 0 Å². The Kier molecular flexibility index (Phi) is 14.1. The lowest BCUT2D eigenvalue weighted by Gasteiger charge is -2.23. The second-order valence-electron chi connectivity index (χ2n) is 18.6. The summed E-state index contributed by atoms with van der Waals surface area (Å²) in [5.41, 5.74) is 5.00. The van der Waals surface area contributed by atoms with Crippen molar-refractivity contribution >= 4 is 65.8 Å². The Balaban J connectivity index is 1.17. The maximum atomic E-state index is 12.4. The van der Waals surface area contributed by atoms with Crippen LogP contribution in [0.1, 0.15) is 0 Å². The van der Waals surface area contributed by atoms with Gasteiger partial charge in [-0.25, -0.2) is 0 Å². The summed E-state index contributed by atoms with van der Waals surface area (Å²) in [7, 11) is 3.21. The van der Waals surface area contributed by atoms with Crippen LogP contribution in [0.2, 0.25) is 0 Å². The zero-order valence-electron chi connectivity index (χ0n) is 42.9. The molecule has 0 bridgehead atoms. The molecule has 0 N–H and O–H groups in total. The molecule has 2 aromatic heterocycles. The molecule has 0 unspecified atom stereocenters. The number of hydrogen-bond acceptors (Lipinski definition) is 12. The van der Waals surface area contributed by atoms with Crippen LogP contribution in [-0.4, -0.2) is 60.3 Å². The molecule has 0 fully saturated rings. The molecule has 18 nitrogen and oxygen atoms in total. The first kappa shape index (κ1) is 51.5. The second-order valence-corrected chi connectivity index (χ2v) is 18.6. The molecule has 18 heteroatoms. The van der Waals surface area contributed by atoms with Crippen LogP contribution in [0.25, 0.3) is 99.0 Å². The van der Waals surface area contributed by atoms with E-state index in [0.29, 0.717) is 11.5 Å². The standard InChI is InChI=1S/C62H46N6O12/c1-77-29-31-79-57-36-58(80-32-30-78-2)52(62-49-21-9-5-17-45(49)60(46-18-6-10-22-50(46)62)40-14-12-28-64(38-40)54-26-24-42(66(71)72)34-56(54)68(75)76)35-51(57)61-47-19-7-3-15-43(47)59(44-16-4-8-20-48(44)61)39-13-11-27-63(37-39)53-25-23-41(65(69)70)33-55(53)67(73)74/h3-28,33-38H,29-32H2,1-2H3/q+2. The van der Waals surface area contributed by atoms with Gasteiger partial charge >= 0.3 is 11.4 Å². The van der Waals surface area contributed by atoms with Gasteiger partial charge in [0.15, 0.2) is 24.8 Å². The van der Waals surface area contributed by atoms with Crippen molar-refractivity contribution in [3.8, 4) is 67.4 Å². The van der Waals surface area contributed by atoms with Crippen LogP contribution < -0.4 is 18.6 Å². The number of nitro benzene ring substituents is 4. The van der Waals surface area contributed by atoms with Gasteiger partial charge < -0.3 is 18.9 Å². The van der Waals surface area contributed by atoms with E-state index in [1.54, 1.807) is 60.3 Å². The first-order chi connectivity index (χ1) is 38.9. The molecule has 80 heavy (non-hydrogen) atoms. The maximum absolute atomic E-state index is 12.4. The van der Waals surface area contributed by atoms with E-state index in [4.69, 9.17) is 18.9 Å². The molecule has 0 saturated heterocycles. The Morgan fingerprint density at radius 3 is 1.02 bits per heavy atom. The topological polar surface area (TPSA) is 217 Å². The highest BCUT2D eigenvalue weighted by Gasteiger charge is 2.31. The number of ether oxygens (including phenoxy) is 4. The van der Waals surface area contributed by atoms with Crippen LogP contribution in [0.15, 0.2) is 195 Å². The molecular formula is C62H46N6O12+2. The van der Waals surface area contributed by atoms with Crippen LogP contribution in [0.3, 0.4) is 0 Å². The minimum atomic E-state index is -0.662. The Morgan fingerprint density at radius 2 is 0.713 bits per heavy atom. The summed E-state index contributed by atoms with van der Waals surface area (Å²) in [6.07, 6.45) is 6.92. The summed E-state index contributed by atoms with van der Waals surface area (Å²) < 4.78 is 27.7. The molecule has 11 aromatic rings. The number of hydrogen-bond donors (Lipinski definition) is 0. The largest absolute Gasteiger partial charge is 0.490 e. The highest BCUT2D eigenvalue weighted by molar-refractivity contribution is 6.24. The molecule has 0 saturated carbocycles. The van der Waals surface area contributed by atoms with Crippen LogP contribution in [-0.2, 0) is 9.47 Å². The lowest BCUT2D eigenvalue weighted by atomic mass is 9.83. The van der Waals surface area contributed by atoms with Crippen molar-refractivity contribution in [1.29, 1.82) is 0 Å². The molecular weight excluding hydrogens is 1020 g/mol. The molecule has 0 aliphatic heterocycles. The first-order valence-corrected chi connectivity index (χ1v) is 25.1. The minimum Gasteiger partial charge on any atom is -0.490 e. The van der Waals surface area contributed by atoms with Gasteiger partial charge in [-0.3, -0.25) is 40.5 Å². The van der Waals surface area contributed by atoms with Gasteiger partial charge in [0, 0.05) is 101 Å². The summed E-state index contributed by atoms with van der Waals surface area (Å²) >= 11 is 0. The summed E-state index contributed by atoms with van der Waals surface area (Å²) in [5.74, 6) is 1.03. The number of benzene rings is 9. The number of methoxy groups -OCH3 is 2. The van der Waals surface area contributed by atoms with E-state index in [2.05, 4.69) is 30.3 Å². The number of aromatic nitrogens is 2. The van der Waals surface area contributed by atoms with E-state index in [0.717, 1.165) is 99.7 Å². The Bertz CT molecular complexity index is 3950. The van der Waals surface area contributed by atoms with Crippen molar-refractivity contribution < 1.29 is 47.8 Å². The van der Waals surface area contributed by atoms with E-state index in [9.17, 15) is 40.5 Å². The molecule has 2 heterocycles. The van der Waals surface area contributed by atoms with Gasteiger partial charge in [-0.2, -0.15) is 9.13 Å². The highest BCUT2D eigenvalue weighted by atomic mass is 16.6. The third-order valence-electron chi connectivity index (χ3n) is 14.0. The molecule has 0 radical (unpaired) electrons. The zero-order valence-corrected chi connectivity index (χ0v) is 42.9. The van der Waals surface area contributed by atoms with Gasteiger partial charge in [0.25, 0.3) is 22.7 Å². The summed E-state index contributed by atoms with van der Waals surface area (Å²) in [5, 5.41) is 55.0. The molecule has 394 valence electrons. The minimum absolute atomic E-state index is 0.153. The van der Waals surface area contributed by atoms with Crippen LogP contribution in [0.5, 0.6) is 11.5 Å². The quantitative estimate of drug-likeness (QED) is 0.0258. The van der Waals surface area contributed by atoms with E-state index in [1.165, 1.54) is 24.3 Å². The molecule has 0 aliphatic carbocycles. The third-order valence-corrected chi connectivity index (χ3v) is 14.0. The van der Waals surface area contributed by atoms with Crippen LogP contribution in [0.4, 0.5) is 22.7 Å². The second kappa shape index (κ2) is 21.8. The van der Waals surface area contributed by atoms with Crippen molar-refractivity contribution in [3.05, 3.63) is 235 Å². The summed E-state index contributed by atoms with van der Waals surface area (Å²) in [6.45, 7) is 0.980. The number of nitro groups is 4. The average molecular weight is 1070 g/mol. The van der Waals surface area contributed by atoms with E-state index >= 15 is 0 Å². The predicted molar refractivity (Wildman–Crippen MR) is 303 cm³/mol. The molecule has 0 amide bonds. The number of non-ortho nitro benzene ring substituents is 2. The fourth-order valence-electron chi connectivity index (χ4n) is 10.6. The van der Waals surface area contributed by atoms with E-state index in [-0.39, 0.29) is 37.8 Å². The third kappa shape index (κ3) is 9.46. The lowest BCUT2D eigenvalue weighted by molar-refractivity contribution is -0.600. The molecule has 0 spiro atoms. The van der Waals surface area contributed by atoms with Crippen molar-refractivity contribution in [1.82, 2.24) is 0 Å². The fourth-order valence-corrected chi connectivity index (χ4v) is 10.6. The highest BCUT2D eigenvalue weighted by Crippen LogP contribution is 2.52. The van der Waals surface area contributed by atoms with Gasteiger partial charge in [-0.15, -0.1) is 0 Å². The van der Waals surface area contributed by atoms with E-state index in [1.807, 2.05) is 91.0 Å². The number of fused-ring (bicyclic) bond motifs is 4. The monoisotopic (exact) mass is 1070 g/mol. The Hall–Kier alpha value is -10.6. The van der Waals surface area contributed by atoms with Gasteiger partial charge in [0.1, 0.15) is 36.8 Å². The predicted octanol–water partition coefficient (Wildman–Crippen LogP) is 13.2. The SMILES string of the molecule is COCCOc1cc(OCCOC)c(-c2c3ccccc3c(-c3ccc[n+](-c4ccc([N+](=O)[O-])cc4[N+](=O)[O-])c3)c3ccccc23)cc1-c1c2ccccc2c(-c2ccc[n+](-c3ccc([N+](=O)[O-])cc3[N+](=O)[O-])c2)c2ccccc12. The molecule has 11 rings (SSSR count). The summed E-state index contributed by atoms with van der Waals surface area (Å²) in [6, 6.07) is 50.7. The molecule has 9 aromatic carbocycles. The van der Waals surface area contributed by atoms with Gasteiger partial charge in [0.2, 0.25) is 0 Å². The smallest absolute Gasteiger partial charge is 0.347 e. The van der Waals surface area contributed by atoms with Gasteiger partial charge in [-0.1, -0.05) is 97.1 Å². The molecule has 0 aliphatic rings. The first-order valence-electron chi connectivity index (χ1n) is 25.1. The Labute approximate surface area is 455 Å². The fraction of sp³-hybridized carbons (Fsp3) is 0.0968. The van der Waals surface area contributed by atoms with Crippen molar-refractivity contribution in [2.24, 2.45) is 0 Å². The Morgan fingerprint density at radius 1 is 0.375 bits per heavy atom. The van der Waals surface area contributed by atoms with Crippen molar-refractivity contribution in [2.75, 3.05) is 40.6 Å². The van der Waals surface area contributed by atoms with Crippen molar-refractivity contribution in [2.45, 2.75) is 0 Å². The van der Waals surface area contributed by atoms with Gasteiger partial charge in [0.05, 0.1) is 32.9 Å². The number of rotatable bonds is 18. The lowest BCUT2D eigenvalue weighted by Crippen LogP contribution is -2.30.